The third kappa shape index (κ3) is 7.52. The molecule has 0 saturated heterocycles. The fraction of sp³-hybridized carbons (Fsp3) is 0.212. The number of halogens is 1. The van der Waals surface area contributed by atoms with Gasteiger partial charge < -0.3 is 9.47 Å². The standard InChI is InChI=1S/C33H29ClN6O2/c1-39(2)21-24-11-9-23(10-12-24)17-31-36-20-27-16-25(18-37-32(27)38-31)6-3-4-8-29(41)28-7-5-15-40(33(28)42)22-26-13-14-30(34)35-19-26/h5,7,9-16,18-20H,4,8,17,21-22H2,1-2H3. The van der Waals surface area contributed by atoms with Crippen molar-refractivity contribution in [3.8, 4) is 11.8 Å². The molecule has 0 fully saturated rings. The van der Waals surface area contributed by atoms with Gasteiger partial charge in [-0.15, -0.1) is 0 Å². The van der Waals surface area contributed by atoms with Crippen LogP contribution in [-0.2, 0) is 19.5 Å². The van der Waals surface area contributed by atoms with Gasteiger partial charge in [0, 0.05) is 61.5 Å². The summed E-state index contributed by atoms with van der Waals surface area (Å²) in [6.07, 6.45) is 7.77. The quantitative estimate of drug-likeness (QED) is 0.139. The Labute approximate surface area is 249 Å². The molecule has 0 bridgehead atoms. The van der Waals surface area contributed by atoms with Gasteiger partial charge in [-0.2, -0.15) is 0 Å². The zero-order valence-electron chi connectivity index (χ0n) is 23.4. The van der Waals surface area contributed by atoms with Crippen LogP contribution in [0.5, 0.6) is 0 Å². The topological polar surface area (TPSA) is 93.9 Å². The Hall–Kier alpha value is -4.71. The first kappa shape index (κ1) is 28.8. The molecule has 0 aliphatic carbocycles. The Morgan fingerprint density at radius 3 is 2.50 bits per heavy atom. The maximum atomic E-state index is 12.9. The third-order valence-corrected chi connectivity index (χ3v) is 6.76. The van der Waals surface area contributed by atoms with Crippen molar-refractivity contribution in [2.75, 3.05) is 14.1 Å². The van der Waals surface area contributed by atoms with Crippen LogP contribution >= 0.6 is 11.6 Å². The van der Waals surface area contributed by atoms with E-state index in [-0.39, 0.29) is 23.3 Å². The zero-order chi connectivity index (χ0) is 29.5. The number of Topliss-reactive ketones (excluding diaryl/α,β-unsaturated/α-hetero) is 1. The molecule has 0 atom stereocenters. The van der Waals surface area contributed by atoms with Crippen molar-refractivity contribution in [3.05, 3.63) is 129 Å². The van der Waals surface area contributed by atoms with Gasteiger partial charge in [0.15, 0.2) is 11.4 Å². The smallest absolute Gasteiger partial charge is 0.261 e. The SMILES string of the molecule is CN(C)Cc1ccc(Cc2ncc3cc(C#CCCC(=O)c4cccn(Cc5ccc(Cl)nc5)c4=O)cnc3n2)cc1. The van der Waals surface area contributed by atoms with E-state index in [0.717, 1.165) is 23.1 Å². The van der Waals surface area contributed by atoms with Gasteiger partial charge in [-0.25, -0.2) is 19.9 Å². The van der Waals surface area contributed by atoms with Gasteiger partial charge in [0.25, 0.3) is 5.56 Å². The van der Waals surface area contributed by atoms with E-state index in [1.807, 2.05) is 6.07 Å². The van der Waals surface area contributed by atoms with Crippen LogP contribution in [-0.4, -0.2) is 49.3 Å². The fourth-order valence-corrected chi connectivity index (χ4v) is 4.58. The Morgan fingerprint density at radius 1 is 0.952 bits per heavy atom. The summed E-state index contributed by atoms with van der Waals surface area (Å²) in [6.45, 7) is 1.20. The number of rotatable bonds is 9. The minimum Gasteiger partial charge on any atom is -0.310 e. The molecule has 5 rings (SSSR count). The number of carbonyl (C=O) groups excluding carboxylic acids is 1. The first-order valence-electron chi connectivity index (χ1n) is 13.5. The first-order chi connectivity index (χ1) is 20.3. The molecule has 5 aromatic rings. The molecule has 4 aromatic heterocycles. The van der Waals surface area contributed by atoms with Gasteiger partial charge in [-0.3, -0.25) is 9.59 Å². The highest BCUT2D eigenvalue weighted by molar-refractivity contribution is 6.29. The molecular formula is C33H29ClN6O2. The van der Waals surface area contributed by atoms with Crippen LogP contribution in [0.4, 0.5) is 0 Å². The second-order valence-electron chi connectivity index (χ2n) is 10.2. The van der Waals surface area contributed by atoms with Gasteiger partial charge in [0.1, 0.15) is 11.0 Å². The van der Waals surface area contributed by atoms with Crippen LogP contribution in [0.15, 0.2) is 84.2 Å². The minimum absolute atomic E-state index is 0.137. The van der Waals surface area contributed by atoms with Crippen molar-refractivity contribution in [2.45, 2.75) is 32.4 Å². The van der Waals surface area contributed by atoms with E-state index in [2.05, 4.69) is 75.0 Å². The second kappa shape index (κ2) is 13.3. The maximum Gasteiger partial charge on any atom is 0.261 e. The number of hydrogen-bond acceptors (Lipinski definition) is 7. The summed E-state index contributed by atoms with van der Waals surface area (Å²) in [5.41, 5.74) is 4.33. The summed E-state index contributed by atoms with van der Waals surface area (Å²) < 4.78 is 1.49. The molecule has 1 aromatic carbocycles. The highest BCUT2D eigenvalue weighted by Gasteiger charge is 2.12. The predicted molar refractivity (Wildman–Crippen MR) is 163 cm³/mol. The molecule has 8 nitrogen and oxygen atoms in total. The largest absolute Gasteiger partial charge is 0.310 e. The number of carbonyl (C=O) groups is 1. The van der Waals surface area contributed by atoms with Crippen molar-refractivity contribution in [3.63, 3.8) is 0 Å². The maximum absolute atomic E-state index is 12.9. The highest BCUT2D eigenvalue weighted by Crippen LogP contribution is 2.14. The lowest BCUT2D eigenvalue weighted by atomic mass is 10.1. The lowest BCUT2D eigenvalue weighted by Gasteiger charge is -2.10. The summed E-state index contributed by atoms with van der Waals surface area (Å²) in [6, 6.07) is 17.1. The lowest BCUT2D eigenvalue weighted by molar-refractivity contribution is 0.0982. The number of benzene rings is 1. The molecule has 0 spiro atoms. The van der Waals surface area contributed by atoms with Crippen molar-refractivity contribution in [1.82, 2.24) is 29.4 Å². The second-order valence-corrected chi connectivity index (χ2v) is 10.6. The van der Waals surface area contributed by atoms with E-state index in [9.17, 15) is 9.59 Å². The third-order valence-electron chi connectivity index (χ3n) is 6.54. The van der Waals surface area contributed by atoms with E-state index in [1.165, 1.54) is 10.1 Å². The number of ketones is 1. The first-order valence-corrected chi connectivity index (χ1v) is 13.9. The normalized spacial score (nSPS) is 11.0. The van der Waals surface area contributed by atoms with Crippen LogP contribution in [0.25, 0.3) is 11.0 Å². The lowest BCUT2D eigenvalue weighted by Crippen LogP contribution is -2.26. The Balaban J connectivity index is 1.19. The number of nitrogens with zero attached hydrogens (tertiary/aromatic N) is 6. The fourth-order valence-electron chi connectivity index (χ4n) is 4.47. The number of pyridine rings is 3. The highest BCUT2D eigenvalue weighted by atomic mass is 35.5. The van der Waals surface area contributed by atoms with Gasteiger partial charge in [0.05, 0.1) is 12.1 Å². The van der Waals surface area contributed by atoms with E-state index in [1.54, 1.807) is 49.1 Å². The molecular weight excluding hydrogens is 548 g/mol. The summed E-state index contributed by atoms with van der Waals surface area (Å²) in [5, 5.41) is 1.18. The van der Waals surface area contributed by atoms with Crippen LogP contribution in [0.3, 0.4) is 0 Å². The zero-order valence-corrected chi connectivity index (χ0v) is 24.2. The predicted octanol–water partition coefficient (Wildman–Crippen LogP) is 4.95. The molecule has 210 valence electrons. The molecule has 0 aliphatic heterocycles. The molecule has 0 radical (unpaired) electrons. The van der Waals surface area contributed by atoms with Crippen molar-refractivity contribution in [2.24, 2.45) is 0 Å². The van der Waals surface area contributed by atoms with Crippen LogP contribution < -0.4 is 5.56 Å². The molecule has 0 saturated carbocycles. The molecule has 0 N–H and O–H groups in total. The average Bonchev–Trinajstić information content (AvgIpc) is 2.98. The van der Waals surface area contributed by atoms with Gasteiger partial charge in [0.2, 0.25) is 0 Å². The molecule has 0 aliphatic rings. The Bertz CT molecular complexity index is 1840. The minimum atomic E-state index is -0.343. The van der Waals surface area contributed by atoms with E-state index >= 15 is 0 Å². The summed E-state index contributed by atoms with van der Waals surface area (Å²) in [5.74, 6) is 6.54. The van der Waals surface area contributed by atoms with Crippen LogP contribution in [0, 0.1) is 11.8 Å². The van der Waals surface area contributed by atoms with Crippen molar-refractivity contribution < 1.29 is 4.79 Å². The molecule has 42 heavy (non-hydrogen) atoms. The Kier molecular flexibility index (Phi) is 9.12. The van der Waals surface area contributed by atoms with Crippen LogP contribution in [0.1, 0.15) is 51.3 Å². The van der Waals surface area contributed by atoms with E-state index < -0.39 is 0 Å². The summed E-state index contributed by atoms with van der Waals surface area (Å²) in [7, 11) is 4.10. The molecule has 9 heteroatoms. The molecule has 4 heterocycles. The molecule has 0 unspecified atom stereocenters. The Morgan fingerprint density at radius 2 is 1.74 bits per heavy atom. The average molecular weight is 577 g/mol. The van der Waals surface area contributed by atoms with Gasteiger partial charge >= 0.3 is 0 Å². The van der Waals surface area contributed by atoms with E-state index in [4.69, 9.17) is 11.6 Å². The monoisotopic (exact) mass is 576 g/mol. The number of fused-ring (bicyclic) bond motifs is 1. The van der Waals surface area contributed by atoms with E-state index in [0.29, 0.717) is 41.6 Å². The number of aromatic nitrogens is 5. The number of hydrogen-bond donors (Lipinski definition) is 0. The van der Waals surface area contributed by atoms with Crippen molar-refractivity contribution in [1.29, 1.82) is 0 Å². The van der Waals surface area contributed by atoms with Crippen LogP contribution in [0.2, 0.25) is 5.15 Å². The summed E-state index contributed by atoms with van der Waals surface area (Å²) >= 11 is 5.84. The van der Waals surface area contributed by atoms with Gasteiger partial charge in [-0.05, 0) is 55.1 Å². The van der Waals surface area contributed by atoms with Crippen molar-refractivity contribution >= 4 is 28.4 Å². The molecule has 0 amide bonds. The van der Waals surface area contributed by atoms with Gasteiger partial charge in [-0.1, -0.05) is 53.8 Å². The summed E-state index contributed by atoms with van der Waals surface area (Å²) in [4.78, 5) is 45.4.